The standard InChI is InChI=1S/C12H16F3N3O.ClH/c13-12(14,15)8-19-11-5-1-4-10(17-11)18-6-2-3-9(16)7-18;/h1,4-5,9H,2-3,6-8,16H2;1H/t9-;/m1./s1. The van der Waals surface area contributed by atoms with E-state index in [9.17, 15) is 13.2 Å². The summed E-state index contributed by atoms with van der Waals surface area (Å²) in [6, 6.07) is 4.88. The van der Waals surface area contributed by atoms with Crippen molar-refractivity contribution >= 4 is 18.2 Å². The molecule has 4 nitrogen and oxygen atoms in total. The first-order valence-electron chi connectivity index (χ1n) is 6.11. The molecule has 2 rings (SSSR count). The highest BCUT2D eigenvalue weighted by Gasteiger charge is 2.28. The van der Waals surface area contributed by atoms with Crippen LogP contribution in [-0.4, -0.2) is 36.9 Å². The molecule has 1 aliphatic rings. The second-order valence-corrected chi connectivity index (χ2v) is 4.59. The lowest BCUT2D eigenvalue weighted by molar-refractivity contribution is -0.154. The van der Waals surface area contributed by atoms with Gasteiger partial charge in [-0.3, -0.25) is 0 Å². The third kappa shape index (κ3) is 5.05. The minimum atomic E-state index is -4.36. The number of halogens is 4. The predicted molar refractivity (Wildman–Crippen MR) is 72.5 cm³/mol. The molecule has 1 aliphatic heterocycles. The quantitative estimate of drug-likeness (QED) is 0.931. The third-order valence-electron chi connectivity index (χ3n) is 2.87. The highest BCUT2D eigenvalue weighted by Crippen LogP contribution is 2.21. The van der Waals surface area contributed by atoms with Gasteiger partial charge in [0.25, 0.3) is 0 Å². The number of ether oxygens (including phenoxy) is 1. The molecule has 114 valence electrons. The molecule has 2 N–H and O–H groups in total. The molecule has 1 saturated heterocycles. The fraction of sp³-hybridized carbons (Fsp3) is 0.583. The molecule has 2 heterocycles. The number of nitrogens with two attached hydrogens (primary N) is 1. The molecular weight excluding hydrogens is 295 g/mol. The van der Waals surface area contributed by atoms with Crippen molar-refractivity contribution < 1.29 is 17.9 Å². The molecule has 8 heteroatoms. The van der Waals surface area contributed by atoms with Crippen molar-refractivity contribution in [3.05, 3.63) is 18.2 Å². The molecule has 0 bridgehead atoms. The Hall–Kier alpha value is -1.21. The van der Waals surface area contributed by atoms with Crippen LogP contribution in [0.25, 0.3) is 0 Å². The van der Waals surface area contributed by atoms with E-state index in [1.807, 2.05) is 4.90 Å². The normalized spacial score (nSPS) is 19.4. The van der Waals surface area contributed by atoms with E-state index < -0.39 is 12.8 Å². The van der Waals surface area contributed by atoms with E-state index >= 15 is 0 Å². The van der Waals surface area contributed by atoms with Crippen molar-refractivity contribution in [2.24, 2.45) is 5.73 Å². The summed E-state index contributed by atoms with van der Waals surface area (Å²) in [7, 11) is 0. The van der Waals surface area contributed by atoms with Gasteiger partial charge in [-0.25, -0.2) is 0 Å². The van der Waals surface area contributed by atoms with E-state index in [2.05, 4.69) is 9.72 Å². The fourth-order valence-corrected chi connectivity index (χ4v) is 2.03. The Bertz CT molecular complexity index is 431. The van der Waals surface area contributed by atoms with E-state index in [-0.39, 0.29) is 24.3 Å². The average Bonchev–Trinajstić information content (AvgIpc) is 2.36. The van der Waals surface area contributed by atoms with Crippen LogP contribution in [0.2, 0.25) is 0 Å². The molecule has 0 aromatic carbocycles. The number of rotatable bonds is 3. The van der Waals surface area contributed by atoms with Gasteiger partial charge in [0, 0.05) is 25.2 Å². The average molecular weight is 312 g/mol. The van der Waals surface area contributed by atoms with Crippen molar-refractivity contribution in [3.63, 3.8) is 0 Å². The van der Waals surface area contributed by atoms with Crippen molar-refractivity contribution in [3.8, 4) is 5.88 Å². The number of alkyl halides is 3. The number of aromatic nitrogens is 1. The van der Waals surface area contributed by atoms with E-state index in [1.54, 1.807) is 12.1 Å². The van der Waals surface area contributed by atoms with Crippen LogP contribution in [0.4, 0.5) is 19.0 Å². The Kier molecular flexibility index (Phi) is 5.88. The second-order valence-electron chi connectivity index (χ2n) is 4.59. The van der Waals surface area contributed by atoms with Crippen molar-refractivity contribution in [2.45, 2.75) is 25.1 Å². The van der Waals surface area contributed by atoms with Crippen LogP contribution in [0, 0.1) is 0 Å². The number of nitrogens with zero attached hydrogens (tertiary/aromatic N) is 2. The van der Waals surface area contributed by atoms with Gasteiger partial charge in [-0.05, 0) is 18.9 Å². The van der Waals surface area contributed by atoms with E-state index in [1.165, 1.54) is 6.07 Å². The topological polar surface area (TPSA) is 51.4 Å². The summed E-state index contributed by atoms with van der Waals surface area (Å²) in [6.07, 6.45) is -2.44. The number of pyridine rings is 1. The summed E-state index contributed by atoms with van der Waals surface area (Å²) >= 11 is 0. The highest BCUT2D eigenvalue weighted by molar-refractivity contribution is 5.85. The first-order chi connectivity index (χ1) is 8.94. The van der Waals surface area contributed by atoms with Crippen molar-refractivity contribution in [1.29, 1.82) is 0 Å². The number of hydrogen-bond acceptors (Lipinski definition) is 4. The lowest BCUT2D eigenvalue weighted by atomic mass is 10.1. The molecule has 0 amide bonds. The van der Waals surface area contributed by atoms with E-state index in [4.69, 9.17) is 5.73 Å². The molecule has 0 unspecified atom stereocenters. The van der Waals surface area contributed by atoms with Gasteiger partial charge >= 0.3 is 6.18 Å². The molecule has 1 atom stereocenters. The van der Waals surface area contributed by atoms with Gasteiger partial charge in [-0.2, -0.15) is 18.2 Å². The Morgan fingerprint density at radius 2 is 2.15 bits per heavy atom. The number of piperidine rings is 1. The fourth-order valence-electron chi connectivity index (χ4n) is 2.03. The van der Waals surface area contributed by atoms with Crippen LogP contribution >= 0.6 is 12.4 Å². The number of hydrogen-bond donors (Lipinski definition) is 1. The SMILES string of the molecule is Cl.N[C@@H]1CCCN(c2cccc(OCC(F)(F)F)n2)C1. The van der Waals surface area contributed by atoms with Crippen LogP contribution < -0.4 is 15.4 Å². The summed E-state index contributed by atoms with van der Waals surface area (Å²) in [6.45, 7) is 0.141. The molecular formula is C12H17ClF3N3O. The molecule has 1 aromatic heterocycles. The third-order valence-corrected chi connectivity index (χ3v) is 2.87. The maximum atomic E-state index is 12.1. The van der Waals surface area contributed by atoms with Gasteiger partial charge in [0.1, 0.15) is 5.82 Å². The Balaban J connectivity index is 0.00000200. The number of anilines is 1. The van der Waals surface area contributed by atoms with Crippen molar-refractivity contribution in [2.75, 3.05) is 24.6 Å². The molecule has 0 saturated carbocycles. The lowest BCUT2D eigenvalue weighted by Crippen LogP contribution is -2.43. The van der Waals surface area contributed by atoms with Gasteiger partial charge < -0.3 is 15.4 Å². The molecule has 1 aromatic rings. The van der Waals surface area contributed by atoms with Crippen molar-refractivity contribution in [1.82, 2.24) is 4.98 Å². The zero-order chi connectivity index (χ0) is 13.9. The van der Waals surface area contributed by atoms with Crippen LogP contribution in [0.1, 0.15) is 12.8 Å². The summed E-state index contributed by atoms with van der Waals surface area (Å²) in [5.41, 5.74) is 5.87. The van der Waals surface area contributed by atoms with E-state index in [0.29, 0.717) is 12.4 Å². The van der Waals surface area contributed by atoms with E-state index in [0.717, 1.165) is 19.4 Å². The van der Waals surface area contributed by atoms with Crippen LogP contribution in [0.3, 0.4) is 0 Å². The van der Waals surface area contributed by atoms with Gasteiger partial charge in [0.2, 0.25) is 5.88 Å². The predicted octanol–water partition coefficient (Wildman–Crippen LogP) is 2.37. The Morgan fingerprint density at radius 1 is 1.40 bits per heavy atom. The minimum absolute atomic E-state index is 0. The highest BCUT2D eigenvalue weighted by atomic mass is 35.5. The Labute approximate surface area is 121 Å². The van der Waals surface area contributed by atoms with Crippen LogP contribution in [0.15, 0.2) is 18.2 Å². The first kappa shape index (κ1) is 16.8. The first-order valence-corrected chi connectivity index (χ1v) is 6.11. The monoisotopic (exact) mass is 311 g/mol. The summed E-state index contributed by atoms with van der Waals surface area (Å²) in [4.78, 5) is 6.05. The zero-order valence-corrected chi connectivity index (χ0v) is 11.6. The molecule has 0 spiro atoms. The molecule has 0 radical (unpaired) electrons. The van der Waals surface area contributed by atoms with Crippen LogP contribution in [0.5, 0.6) is 5.88 Å². The molecule has 20 heavy (non-hydrogen) atoms. The summed E-state index contributed by atoms with van der Waals surface area (Å²) < 4.78 is 40.8. The molecule has 1 fully saturated rings. The summed E-state index contributed by atoms with van der Waals surface area (Å²) in [5.74, 6) is 0.587. The maximum absolute atomic E-state index is 12.1. The lowest BCUT2D eigenvalue weighted by Gasteiger charge is -2.31. The van der Waals surface area contributed by atoms with Gasteiger partial charge in [0.15, 0.2) is 6.61 Å². The van der Waals surface area contributed by atoms with Crippen LogP contribution in [-0.2, 0) is 0 Å². The molecule has 0 aliphatic carbocycles. The zero-order valence-electron chi connectivity index (χ0n) is 10.8. The van der Waals surface area contributed by atoms with Gasteiger partial charge in [-0.1, -0.05) is 6.07 Å². The van der Waals surface area contributed by atoms with Gasteiger partial charge in [0.05, 0.1) is 0 Å². The largest absolute Gasteiger partial charge is 0.468 e. The smallest absolute Gasteiger partial charge is 0.422 e. The van der Waals surface area contributed by atoms with Gasteiger partial charge in [-0.15, -0.1) is 12.4 Å². The minimum Gasteiger partial charge on any atom is -0.468 e. The second kappa shape index (κ2) is 6.99. The maximum Gasteiger partial charge on any atom is 0.422 e. The summed E-state index contributed by atoms with van der Waals surface area (Å²) in [5, 5.41) is 0. The Morgan fingerprint density at radius 3 is 2.80 bits per heavy atom.